The van der Waals surface area contributed by atoms with Gasteiger partial charge in [-0.05, 0) is 61.2 Å². The van der Waals surface area contributed by atoms with Crippen LogP contribution >= 0.6 is 22.6 Å². The van der Waals surface area contributed by atoms with Gasteiger partial charge >= 0.3 is 0 Å². The van der Waals surface area contributed by atoms with Gasteiger partial charge in [0.2, 0.25) is 0 Å². The highest BCUT2D eigenvalue weighted by Gasteiger charge is 2.12. The van der Waals surface area contributed by atoms with Crippen LogP contribution in [0.5, 0.6) is 0 Å². The Kier molecular flexibility index (Phi) is 6.51. The zero-order valence-electron chi connectivity index (χ0n) is 11.2. The van der Waals surface area contributed by atoms with E-state index in [0.29, 0.717) is 12.0 Å². The molecule has 0 bridgehead atoms. The Labute approximate surface area is 118 Å². The van der Waals surface area contributed by atoms with Crippen molar-refractivity contribution in [1.82, 2.24) is 10.2 Å². The average molecular weight is 350 g/mol. The first kappa shape index (κ1) is 15.0. The predicted octanol–water partition coefficient (Wildman–Crippen LogP) is 2.95. The number of halogens is 1. The quantitative estimate of drug-likeness (QED) is 0.767. The van der Waals surface area contributed by atoms with Crippen LogP contribution in [0.3, 0.4) is 0 Å². The Balaban J connectivity index is 2.42. The van der Waals surface area contributed by atoms with Gasteiger partial charge < -0.3 is 14.6 Å². The minimum absolute atomic E-state index is 0.521. The summed E-state index contributed by atoms with van der Waals surface area (Å²) in [4.78, 5) is 2.23. The first-order chi connectivity index (χ1) is 7.97. The van der Waals surface area contributed by atoms with Crippen LogP contribution in [0.15, 0.2) is 16.5 Å². The lowest BCUT2D eigenvalue weighted by Gasteiger charge is -2.23. The molecule has 4 heteroatoms. The molecule has 3 nitrogen and oxygen atoms in total. The molecule has 1 atom stereocenters. The van der Waals surface area contributed by atoms with Crippen molar-refractivity contribution in [2.45, 2.75) is 32.9 Å². The summed E-state index contributed by atoms with van der Waals surface area (Å²) in [6, 6.07) is 4.56. The largest absolute Gasteiger partial charge is 0.454 e. The monoisotopic (exact) mass is 350 g/mol. The average Bonchev–Trinajstić information content (AvgIpc) is 2.59. The lowest BCUT2D eigenvalue weighted by molar-refractivity contribution is 0.298. The van der Waals surface area contributed by atoms with Crippen molar-refractivity contribution in [2.75, 3.05) is 20.6 Å². The smallest absolute Gasteiger partial charge is 0.164 e. The molecule has 0 saturated carbocycles. The van der Waals surface area contributed by atoms with E-state index in [9.17, 15) is 0 Å². The molecule has 1 heterocycles. The second-order valence-electron chi connectivity index (χ2n) is 5.18. The van der Waals surface area contributed by atoms with Gasteiger partial charge in [0, 0.05) is 12.6 Å². The third-order valence-corrected chi connectivity index (χ3v) is 3.12. The first-order valence-electron chi connectivity index (χ1n) is 6.09. The first-order valence-corrected chi connectivity index (χ1v) is 7.17. The third kappa shape index (κ3) is 6.43. The van der Waals surface area contributed by atoms with Crippen LogP contribution in [0.1, 0.15) is 26.0 Å². The molecule has 0 aliphatic carbocycles. The topological polar surface area (TPSA) is 28.4 Å². The second kappa shape index (κ2) is 7.38. The van der Waals surface area contributed by atoms with Gasteiger partial charge in [-0.3, -0.25) is 0 Å². The van der Waals surface area contributed by atoms with Gasteiger partial charge in [-0.25, -0.2) is 0 Å². The molecule has 98 valence electrons. The lowest BCUT2D eigenvalue weighted by atomic mass is 10.0. The van der Waals surface area contributed by atoms with E-state index in [-0.39, 0.29) is 0 Å². The number of likely N-dealkylation sites (N-methyl/N-ethyl adjacent to an activating group) is 1. The predicted molar refractivity (Wildman–Crippen MR) is 80.1 cm³/mol. The maximum atomic E-state index is 5.55. The van der Waals surface area contributed by atoms with Crippen LogP contribution in [0.4, 0.5) is 0 Å². The molecule has 0 aliphatic rings. The van der Waals surface area contributed by atoms with E-state index in [2.05, 4.69) is 60.8 Å². The van der Waals surface area contributed by atoms with Gasteiger partial charge in [0.15, 0.2) is 3.77 Å². The van der Waals surface area contributed by atoms with Crippen molar-refractivity contribution >= 4 is 22.6 Å². The molecule has 0 radical (unpaired) electrons. The van der Waals surface area contributed by atoms with Crippen LogP contribution in [-0.2, 0) is 6.54 Å². The van der Waals surface area contributed by atoms with Crippen molar-refractivity contribution in [3.8, 4) is 0 Å². The van der Waals surface area contributed by atoms with E-state index in [1.54, 1.807) is 0 Å². The van der Waals surface area contributed by atoms with Crippen molar-refractivity contribution in [3.05, 3.63) is 21.7 Å². The molecular formula is C13H23IN2O. The minimum Gasteiger partial charge on any atom is -0.454 e. The van der Waals surface area contributed by atoms with Gasteiger partial charge in [0.25, 0.3) is 0 Å². The van der Waals surface area contributed by atoms with Gasteiger partial charge in [-0.2, -0.15) is 0 Å². The summed E-state index contributed by atoms with van der Waals surface area (Å²) in [5, 5.41) is 3.57. The normalized spacial score (nSPS) is 13.6. The lowest BCUT2D eigenvalue weighted by Crippen LogP contribution is -2.38. The van der Waals surface area contributed by atoms with E-state index >= 15 is 0 Å². The van der Waals surface area contributed by atoms with E-state index in [1.807, 2.05) is 12.1 Å². The molecule has 0 amide bonds. The number of rotatable bonds is 7. The van der Waals surface area contributed by atoms with E-state index < -0.39 is 0 Å². The molecule has 0 aliphatic heterocycles. The molecule has 0 saturated heterocycles. The second-order valence-corrected chi connectivity index (χ2v) is 6.24. The standard InChI is InChI=1S/C13H23IN2O/c1-10(2)7-11(9-16(3)4)15-8-12-5-6-13(14)17-12/h5-6,10-11,15H,7-9H2,1-4H3. The SMILES string of the molecule is CC(C)CC(CN(C)C)NCc1ccc(I)o1. The maximum Gasteiger partial charge on any atom is 0.164 e. The molecule has 0 spiro atoms. The molecule has 1 unspecified atom stereocenters. The summed E-state index contributed by atoms with van der Waals surface area (Å²) in [5.74, 6) is 1.73. The Morgan fingerprint density at radius 3 is 2.53 bits per heavy atom. The van der Waals surface area contributed by atoms with Crippen molar-refractivity contribution < 1.29 is 4.42 Å². The zero-order chi connectivity index (χ0) is 12.8. The number of hydrogen-bond donors (Lipinski definition) is 1. The van der Waals surface area contributed by atoms with E-state index in [4.69, 9.17) is 4.42 Å². The van der Waals surface area contributed by atoms with Crippen molar-refractivity contribution in [3.63, 3.8) is 0 Å². The van der Waals surface area contributed by atoms with E-state index in [1.165, 1.54) is 6.42 Å². The molecule has 0 fully saturated rings. The van der Waals surface area contributed by atoms with Gasteiger partial charge in [-0.15, -0.1) is 0 Å². The zero-order valence-corrected chi connectivity index (χ0v) is 13.3. The summed E-state index contributed by atoms with van der Waals surface area (Å²) in [6.07, 6.45) is 1.19. The molecular weight excluding hydrogens is 327 g/mol. The Hall–Kier alpha value is -0.0700. The van der Waals surface area contributed by atoms with Crippen LogP contribution in [0, 0.1) is 9.68 Å². The number of hydrogen-bond acceptors (Lipinski definition) is 3. The summed E-state index contributed by atoms with van der Waals surface area (Å²) in [6.45, 7) is 6.41. The van der Waals surface area contributed by atoms with Crippen LogP contribution in [-0.4, -0.2) is 31.6 Å². The summed E-state index contributed by atoms with van der Waals surface area (Å²) in [5.41, 5.74) is 0. The van der Waals surface area contributed by atoms with Crippen LogP contribution < -0.4 is 5.32 Å². The van der Waals surface area contributed by atoms with Crippen LogP contribution in [0.2, 0.25) is 0 Å². The van der Waals surface area contributed by atoms with E-state index in [0.717, 1.165) is 22.6 Å². The fourth-order valence-electron chi connectivity index (χ4n) is 1.92. The molecule has 0 aromatic carbocycles. The summed E-state index contributed by atoms with van der Waals surface area (Å²) in [7, 11) is 4.23. The fourth-order valence-corrected chi connectivity index (χ4v) is 2.39. The molecule has 1 aromatic rings. The van der Waals surface area contributed by atoms with Gasteiger partial charge in [0.05, 0.1) is 6.54 Å². The van der Waals surface area contributed by atoms with Crippen molar-refractivity contribution in [2.24, 2.45) is 5.92 Å². The molecule has 1 rings (SSSR count). The Bertz CT molecular complexity index is 313. The van der Waals surface area contributed by atoms with Crippen LogP contribution in [0.25, 0.3) is 0 Å². The number of furan rings is 1. The molecule has 1 N–H and O–H groups in total. The highest BCUT2D eigenvalue weighted by Crippen LogP contribution is 2.11. The van der Waals surface area contributed by atoms with Crippen molar-refractivity contribution in [1.29, 1.82) is 0 Å². The third-order valence-electron chi connectivity index (χ3n) is 2.54. The summed E-state index contributed by atoms with van der Waals surface area (Å²) >= 11 is 2.19. The number of nitrogens with one attached hydrogen (secondary N) is 1. The Morgan fingerprint density at radius 1 is 1.35 bits per heavy atom. The fraction of sp³-hybridized carbons (Fsp3) is 0.692. The maximum absolute atomic E-state index is 5.55. The summed E-state index contributed by atoms with van der Waals surface area (Å²) < 4.78 is 6.51. The highest BCUT2D eigenvalue weighted by atomic mass is 127. The molecule has 17 heavy (non-hydrogen) atoms. The Morgan fingerprint density at radius 2 is 2.06 bits per heavy atom. The van der Waals surface area contributed by atoms with Gasteiger partial charge in [0.1, 0.15) is 5.76 Å². The minimum atomic E-state index is 0.521. The molecule has 1 aromatic heterocycles. The highest BCUT2D eigenvalue weighted by molar-refractivity contribution is 14.1. The van der Waals surface area contributed by atoms with Gasteiger partial charge in [-0.1, -0.05) is 13.8 Å². The number of nitrogens with zero attached hydrogens (tertiary/aromatic N) is 1.